The molecule has 3 rings (SSSR count). The minimum atomic E-state index is -1.56. The molecule has 2 aromatic rings. The van der Waals surface area contributed by atoms with Crippen molar-refractivity contribution in [2.45, 2.75) is 95.0 Å². The van der Waals surface area contributed by atoms with Crippen LogP contribution in [0.15, 0.2) is 53.5 Å². The van der Waals surface area contributed by atoms with Crippen molar-refractivity contribution in [3.63, 3.8) is 0 Å². The molecule has 6 amide bonds. The number of likely N-dealkylation sites (tertiary alicyclic amines) is 1. The average Bonchev–Trinajstić information content (AvgIpc) is 3.71. The van der Waals surface area contributed by atoms with Crippen LogP contribution in [0.25, 0.3) is 0 Å². The highest BCUT2D eigenvalue weighted by Gasteiger charge is 2.40. The molecular formula is C40H58N10O11. The summed E-state index contributed by atoms with van der Waals surface area (Å²) in [6.45, 7) is 2.46. The normalized spacial score (nSPS) is 16.0. The number of benzene rings is 2. The maximum atomic E-state index is 14.2. The standard InChI is InChI=1S/C40H58N10O11/c1-22(2)17-30(38(59)50-16-4-6-32(50)37(58)49-31(21-51)36(57)47-28(39(60)61)5-3-15-44-40(42)43)48-35(56)29(19-24-9-13-26(53)14-10-24)46-33(54)20-45-34(55)27(41)18-23-7-11-25(52)12-8-23/h7-14,22,27-32,51-53H,3-6,15-21,41H2,1-2H3,(H,45,55)(H,46,54)(H,47,57)(H,48,56)(H,49,58)(H,60,61)(H4,42,43,44)/t27-,28-,29-,30-,31-,32-/m0/s1. The SMILES string of the molecule is CC(C)C[C@H](NC(=O)[C@H](Cc1ccc(O)cc1)NC(=O)CNC(=O)[C@@H](N)Cc1ccc(O)cc1)C(=O)N1CCC[C@H]1C(=O)N[C@@H](CO)C(=O)N[C@@H](CCCN=C(N)N)C(=O)O. The Morgan fingerprint density at radius 1 is 0.787 bits per heavy atom. The average molecular weight is 855 g/mol. The number of carboxylic acids is 1. The van der Waals surface area contributed by atoms with Crippen molar-refractivity contribution in [2.24, 2.45) is 28.1 Å². The van der Waals surface area contributed by atoms with Crippen LogP contribution in [0.1, 0.15) is 57.1 Å². The van der Waals surface area contributed by atoms with Crippen LogP contribution in [0.5, 0.6) is 11.5 Å². The van der Waals surface area contributed by atoms with E-state index in [2.05, 4.69) is 31.6 Å². The third-order valence-corrected chi connectivity index (χ3v) is 9.72. The van der Waals surface area contributed by atoms with Gasteiger partial charge in [-0.25, -0.2) is 4.79 Å². The van der Waals surface area contributed by atoms with Crippen LogP contribution in [0, 0.1) is 5.92 Å². The minimum absolute atomic E-state index is 0.0293. The predicted molar refractivity (Wildman–Crippen MR) is 221 cm³/mol. The maximum Gasteiger partial charge on any atom is 0.326 e. The molecule has 21 heteroatoms. The van der Waals surface area contributed by atoms with Crippen LogP contribution in [0.2, 0.25) is 0 Å². The number of aliphatic carboxylic acids is 1. The Morgan fingerprint density at radius 2 is 1.36 bits per heavy atom. The van der Waals surface area contributed by atoms with Crippen molar-refractivity contribution in [3.8, 4) is 11.5 Å². The number of nitrogens with zero attached hydrogens (tertiary/aromatic N) is 2. The molecule has 21 nitrogen and oxygen atoms in total. The van der Waals surface area contributed by atoms with Crippen molar-refractivity contribution >= 4 is 47.4 Å². The number of aliphatic hydroxyl groups is 1. The summed E-state index contributed by atoms with van der Waals surface area (Å²) in [4.78, 5) is 97.4. The van der Waals surface area contributed by atoms with Gasteiger partial charge in [0.2, 0.25) is 35.4 Å². The number of amides is 6. The van der Waals surface area contributed by atoms with Crippen molar-refractivity contribution in [1.82, 2.24) is 31.5 Å². The van der Waals surface area contributed by atoms with E-state index in [0.29, 0.717) is 17.5 Å². The van der Waals surface area contributed by atoms with Gasteiger partial charge in [0.15, 0.2) is 5.96 Å². The second-order valence-corrected chi connectivity index (χ2v) is 15.2. The molecule has 15 N–H and O–H groups in total. The summed E-state index contributed by atoms with van der Waals surface area (Å²) < 4.78 is 0. The summed E-state index contributed by atoms with van der Waals surface area (Å²) in [5, 5.41) is 51.4. The van der Waals surface area contributed by atoms with Gasteiger partial charge in [0, 0.05) is 19.5 Å². The summed E-state index contributed by atoms with van der Waals surface area (Å²) in [7, 11) is 0. The topological polar surface area (TPSA) is 354 Å². The van der Waals surface area contributed by atoms with Crippen LogP contribution in [-0.2, 0) is 46.4 Å². The molecule has 0 aromatic heterocycles. The first kappa shape index (κ1) is 48.9. The molecule has 1 saturated heterocycles. The number of phenolic OH excluding ortho intramolecular Hbond substituents is 2. The largest absolute Gasteiger partial charge is 0.508 e. The number of nitrogens with two attached hydrogens (primary N) is 3. The summed E-state index contributed by atoms with van der Waals surface area (Å²) >= 11 is 0. The lowest BCUT2D eigenvalue weighted by Gasteiger charge is -2.31. The summed E-state index contributed by atoms with van der Waals surface area (Å²) in [6, 6.07) is 4.50. The van der Waals surface area contributed by atoms with Gasteiger partial charge in [0.1, 0.15) is 41.7 Å². The van der Waals surface area contributed by atoms with Crippen molar-refractivity contribution in [2.75, 3.05) is 26.2 Å². The van der Waals surface area contributed by atoms with Gasteiger partial charge in [-0.1, -0.05) is 38.1 Å². The Hall–Kier alpha value is -6.48. The van der Waals surface area contributed by atoms with E-state index >= 15 is 0 Å². The Morgan fingerprint density at radius 3 is 1.92 bits per heavy atom. The van der Waals surface area contributed by atoms with Crippen molar-refractivity contribution in [1.29, 1.82) is 0 Å². The molecule has 1 aliphatic heterocycles. The van der Waals surface area contributed by atoms with E-state index < -0.39 is 90.8 Å². The van der Waals surface area contributed by atoms with Crippen LogP contribution >= 0.6 is 0 Å². The zero-order valence-electron chi connectivity index (χ0n) is 34.2. The van der Waals surface area contributed by atoms with Gasteiger partial charge in [-0.05, 0) is 79.8 Å². The first-order valence-corrected chi connectivity index (χ1v) is 19.9. The van der Waals surface area contributed by atoms with Gasteiger partial charge in [0.25, 0.3) is 0 Å². The highest BCUT2D eigenvalue weighted by molar-refractivity contribution is 5.97. The summed E-state index contributed by atoms with van der Waals surface area (Å²) in [5.41, 5.74) is 17.8. The number of phenols is 2. The van der Waals surface area contributed by atoms with E-state index in [1.165, 1.54) is 29.2 Å². The van der Waals surface area contributed by atoms with E-state index in [4.69, 9.17) is 17.2 Å². The van der Waals surface area contributed by atoms with Gasteiger partial charge >= 0.3 is 5.97 Å². The summed E-state index contributed by atoms with van der Waals surface area (Å²) in [5.74, 6) is -6.14. The number of nitrogens with one attached hydrogen (secondary N) is 5. The van der Waals surface area contributed by atoms with E-state index in [1.807, 2.05) is 13.8 Å². The second kappa shape index (κ2) is 23.9. The van der Waals surface area contributed by atoms with Crippen molar-refractivity contribution in [3.05, 3.63) is 59.7 Å². The third kappa shape index (κ3) is 16.2. The molecule has 0 spiro atoms. The fourth-order valence-electron chi connectivity index (χ4n) is 6.56. The number of aromatic hydroxyl groups is 2. The molecule has 6 atom stereocenters. The van der Waals surface area contributed by atoms with Crippen LogP contribution < -0.4 is 43.8 Å². The number of guanidine groups is 1. The molecule has 1 aliphatic rings. The Labute approximate surface area is 352 Å². The lowest BCUT2D eigenvalue weighted by atomic mass is 10.00. The Kier molecular flexibility index (Phi) is 19.2. The number of rotatable bonds is 23. The fourth-order valence-corrected chi connectivity index (χ4v) is 6.56. The van der Waals surface area contributed by atoms with Gasteiger partial charge in [-0.3, -0.25) is 33.8 Å². The molecular weight excluding hydrogens is 796 g/mol. The van der Waals surface area contributed by atoms with Gasteiger partial charge in [0.05, 0.1) is 19.2 Å². The monoisotopic (exact) mass is 854 g/mol. The number of aliphatic hydroxyl groups excluding tert-OH is 1. The molecule has 2 aromatic carbocycles. The molecule has 334 valence electrons. The highest BCUT2D eigenvalue weighted by atomic mass is 16.4. The van der Waals surface area contributed by atoms with Crippen LogP contribution in [-0.4, -0.2) is 135 Å². The Balaban J connectivity index is 1.71. The Bertz CT molecular complexity index is 1860. The zero-order valence-corrected chi connectivity index (χ0v) is 34.2. The third-order valence-electron chi connectivity index (χ3n) is 9.72. The molecule has 0 saturated carbocycles. The van der Waals surface area contributed by atoms with E-state index in [0.717, 1.165) is 0 Å². The van der Waals surface area contributed by atoms with Gasteiger partial charge in [-0.15, -0.1) is 0 Å². The highest BCUT2D eigenvalue weighted by Crippen LogP contribution is 2.21. The molecule has 1 fully saturated rings. The number of hydrogen-bond acceptors (Lipinski definition) is 12. The van der Waals surface area contributed by atoms with Crippen molar-refractivity contribution < 1.29 is 54.0 Å². The molecule has 0 aliphatic carbocycles. The lowest BCUT2D eigenvalue weighted by Crippen LogP contribution is -2.59. The smallest absolute Gasteiger partial charge is 0.326 e. The molecule has 0 bridgehead atoms. The summed E-state index contributed by atoms with van der Waals surface area (Å²) in [6.07, 6.45) is 0.914. The predicted octanol–water partition coefficient (Wildman–Crippen LogP) is -2.57. The van der Waals surface area contributed by atoms with Gasteiger partial charge in [-0.2, -0.15) is 0 Å². The fraction of sp³-hybridized carbons (Fsp3) is 0.500. The first-order chi connectivity index (χ1) is 28.9. The first-order valence-electron chi connectivity index (χ1n) is 19.9. The molecule has 0 radical (unpaired) electrons. The molecule has 61 heavy (non-hydrogen) atoms. The van der Waals surface area contributed by atoms with E-state index in [1.54, 1.807) is 24.3 Å². The van der Waals surface area contributed by atoms with Crippen LogP contribution in [0.3, 0.4) is 0 Å². The minimum Gasteiger partial charge on any atom is -0.508 e. The molecule has 1 heterocycles. The van der Waals surface area contributed by atoms with Crippen LogP contribution in [0.4, 0.5) is 0 Å². The number of carbonyl (C=O) groups excluding carboxylic acids is 6. The molecule has 0 unspecified atom stereocenters. The number of carboxylic acid groups (broad SMARTS) is 1. The quantitative estimate of drug-likeness (QED) is 0.0311. The van der Waals surface area contributed by atoms with E-state index in [9.17, 15) is 54.0 Å². The number of carbonyl (C=O) groups is 7. The lowest BCUT2D eigenvalue weighted by molar-refractivity contribution is -0.144. The van der Waals surface area contributed by atoms with Gasteiger partial charge < -0.3 is 69.1 Å². The maximum absolute atomic E-state index is 14.2. The zero-order chi connectivity index (χ0) is 45.2. The second-order valence-electron chi connectivity index (χ2n) is 15.2. The number of hydrogen-bond donors (Lipinski definition) is 12. The van der Waals surface area contributed by atoms with E-state index in [-0.39, 0.29) is 75.0 Å². The number of aliphatic imine (C=N–C) groups is 1.